The molecule has 112 valence electrons. The number of rotatable bonds is 2. The number of carbonyl (C=O) groups excluding carboxylic acids is 1. The number of aliphatic imine (C=N–C) groups is 1. The number of hydrogen-bond donors (Lipinski definition) is 2. The standard InChI is InChI=1S/C16H16N4OS/c1-9-6-4-5-7-13(9)17-16-18-15(21)14(22-16)8-12-10(2)19-20-11(12)3/h4-8H,1-3H3,(H,19,20)(H,17,18,21)/b14-8-. The van der Waals surface area contributed by atoms with Gasteiger partial charge in [-0.15, -0.1) is 0 Å². The van der Waals surface area contributed by atoms with Crippen molar-refractivity contribution < 1.29 is 4.79 Å². The fourth-order valence-electron chi connectivity index (χ4n) is 2.18. The summed E-state index contributed by atoms with van der Waals surface area (Å²) in [5.74, 6) is -0.127. The number of thioether (sulfide) groups is 1. The van der Waals surface area contributed by atoms with Gasteiger partial charge in [0.2, 0.25) is 0 Å². The van der Waals surface area contributed by atoms with Crippen molar-refractivity contribution in [2.45, 2.75) is 20.8 Å². The second kappa shape index (κ2) is 5.81. The van der Waals surface area contributed by atoms with Crippen molar-refractivity contribution in [3.63, 3.8) is 0 Å². The molecule has 5 nitrogen and oxygen atoms in total. The highest BCUT2D eigenvalue weighted by Crippen LogP contribution is 2.29. The van der Waals surface area contributed by atoms with Gasteiger partial charge in [0.05, 0.1) is 16.3 Å². The van der Waals surface area contributed by atoms with Gasteiger partial charge in [0.25, 0.3) is 5.91 Å². The molecule has 1 aliphatic heterocycles. The number of para-hydroxylation sites is 1. The molecular weight excluding hydrogens is 296 g/mol. The minimum Gasteiger partial charge on any atom is -0.300 e. The molecule has 2 aromatic rings. The van der Waals surface area contributed by atoms with Crippen LogP contribution in [0, 0.1) is 20.8 Å². The molecule has 1 aromatic heterocycles. The van der Waals surface area contributed by atoms with E-state index in [2.05, 4.69) is 20.5 Å². The molecular formula is C16H16N4OS. The van der Waals surface area contributed by atoms with Crippen LogP contribution in [0.1, 0.15) is 22.5 Å². The van der Waals surface area contributed by atoms with Crippen molar-refractivity contribution in [1.82, 2.24) is 15.5 Å². The van der Waals surface area contributed by atoms with Gasteiger partial charge in [-0.2, -0.15) is 5.10 Å². The summed E-state index contributed by atoms with van der Waals surface area (Å²) in [6.07, 6.45) is 1.86. The van der Waals surface area contributed by atoms with Crippen molar-refractivity contribution in [2.24, 2.45) is 4.99 Å². The number of amidine groups is 1. The largest absolute Gasteiger partial charge is 0.300 e. The number of nitrogens with one attached hydrogen (secondary N) is 2. The fourth-order valence-corrected chi connectivity index (χ4v) is 3.00. The van der Waals surface area contributed by atoms with Crippen molar-refractivity contribution >= 4 is 34.6 Å². The van der Waals surface area contributed by atoms with Crippen LogP contribution in [-0.2, 0) is 4.79 Å². The zero-order chi connectivity index (χ0) is 15.7. The normalized spacial score (nSPS) is 18.2. The maximum Gasteiger partial charge on any atom is 0.264 e. The van der Waals surface area contributed by atoms with E-state index < -0.39 is 0 Å². The Morgan fingerprint density at radius 3 is 2.68 bits per heavy atom. The summed E-state index contributed by atoms with van der Waals surface area (Å²) < 4.78 is 0. The second-order valence-corrected chi connectivity index (χ2v) is 6.15. The molecule has 1 aliphatic rings. The van der Waals surface area contributed by atoms with Crippen LogP contribution < -0.4 is 5.32 Å². The zero-order valence-corrected chi connectivity index (χ0v) is 13.4. The molecule has 1 saturated heterocycles. The number of benzene rings is 1. The van der Waals surface area contributed by atoms with Crippen LogP contribution in [0.2, 0.25) is 0 Å². The summed E-state index contributed by atoms with van der Waals surface area (Å²) in [6, 6.07) is 7.83. The van der Waals surface area contributed by atoms with Gasteiger partial charge in [0.15, 0.2) is 5.17 Å². The highest BCUT2D eigenvalue weighted by atomic mass is 32.2. The molecule has 1 amide bonds. The van der Waals surface area contributed by atoms with E-state index in [4.69, 9.17) is 0 Å². The van der Waals surface area contributed by atoms with Crippen molar-refractivity contribution in [3.05, 3.63) is 51.7 Å². The Bertz CT molecular complexity index is 785. The van der Waals surface area contributed by atoms with Gasteiger partial charge >= 0.3 is 0 Å². The van der Waals surface area contributed by atoms with E-state index in [9.17, 15) is 4.79 Å². The Kier molecular flexibility index (Phi) is 3.85. The highest BCUT2D eigenvalue weighted by molar-refractivity contribution is 8.18. The molecule has 6 heteroatoms. The SMILES string of the molecule is Cc1ccccc1N=C1NC(=O)/C(=C/c2c(C)n[nH]c2C)S1. The van der Waals surface area contributed by atoms with E-state index in [1.807, 2.05) is 51.1 Å². The maximum atomic E-state index is 12.1. The zero-order valence-electron chi connectivity index (χ0n) is 12.6. The number of H-pyrrole nitrogens is 1. The molecule has 1 aromatic carbocycles. The van der Waals surface area contributed by atoms with Gasteiger partial charge in [0, 0.05) is 11.3 Å². The molecule has 3 rings (SSSR count). The Morgan fingerprint density at radius 2 is 2.00 bits per heavy atom. The quantitative estimate of drug-likeness (QED) is 0.836. The van der Waals surface area contributed by atoms with Crippen LogP contribution in [0.3, 0.4) is 0 Å². The van der Waals surface area contributed by atoms with E-state index in [-0.39, 0.29) is 5.91 Å². The summed E-state index contributed by atoms with van der Waals surface area (Å²) >= 11 is 1.35. The van der Waals surface area contributed by atoms with Crippen LogP contribution >= 0.6 is 11.8 Å². The first-order chi connectivity index (χ1) is 10.5. The number of aromatic amines is 1. The van der Waals surface area contributed by atoms with E-state index in [1.54, 1.807) is 0 Å². The van der Waals surface area contributed by atoms with Gasteiger partial charge in [-0.1, -0.05) is 18.2 Å². The summed E-state index contributed by atoms with van der Waals surface area (Å²) in [7, 11) is 0. The molecule has 0 radical (unpaired) electrons. The lowest BCUT2D eigenvalue weighted by Crippen LogP contribution is -2.19. The topological polar surface area (TPSA) is 70.1 Å². The van der Waals surface area contributed by atoms with E-state index in [1.165, 1.54) is 11.8 Å². The smallest absolute Gasteiger partial charge is 0.264 e. The minimum absolute atomic E-state index is 0.127. The van der Waals surface area contributed by atoms with Gasteiger partial charge in [0.1, 0.15) is 0 Å². The van der Waals surface area contributed by atoms with E-state index >= 15 is 0 Å². The predicted octanol–water partition coefficient (Wildman–Crippen LogP) is 3.23. The molecule has 1 fully saturated rings. The monoisotopic (exact) mass is 312 g/mol. The molecule has 2 N–H and O–H groups in total. The van der Waals surface area contributed by atoms with Crippen LogP contribution in [-0.4, -0.2) is 21.3 Å². The van der Waals surface area contributed by atoms with Crippen molar-refractivity contribution in [1.29, 1.82) is 0 Å². The molecule has 0 atom stereocenters. The Labute approximate surface area is 132 Å². The average Bonchev–Trinajstić information content (AvgIpc) is 2.99. The molecule has 22 heavy (non-hydrogen) atoms. The summed E-state index contributed by atoms with van der Waals surface area (Å²) in [4.78, 5) is 17.2. The number of hydrogen-bond acceptors (Lipinski definition) is 4. The molecule has 0 spiro atoms. The second-order valence-electron chi connectivity index (χ2n) is 5.12. The van der Waals surface area contributed by atoms with Crippen molar-refractivity contribution in [2.75, 3.05) is 0 Å². The third-order valence-electron chi connectivity index (χ3n) is 3.45. The summed E-state index contributed by atoms with van der Waals surface area (Å²) in [5, 5.41) is 10.5. The summed E-state index contributed by atoms with van der Waals surface area (Å²) in [5.41, 5.74) is 4.71. The van der Waals surface area contributed by atoms with Crippen LogP contribution in [0.4, 0.5) is 5.69 Å². The minimum atomic E-state index is -0.127. The number of amides is 1. The first-order valence-electron chi connectivity index (χ1n) is 6.91. The molecule has 0 saturated carbocycles. The number of aromatic nitrogens is 2. The predicted molar refractivity (Wildman–Crippen MR) is 90.0 cm³/mol. The Balaban J connectivity index is 1.90. The molecule has 0 aliphatic carbocycles. The van der Waals surface area contributed by atoms with Crippen molar-refractivity contribution in [3.8, 4) is 0 Å². The number of nitrogens with zero attached hydrogens (tertiary/aromatic N) is 2. The number of carbonyl (C=O) groups is 1. The van der Waals surface area contributed by atoms with Gasteiger partial charge in [-0.25, -0.2) is 4.99 Å². The first-order valence-corrected chi connectivity index (χ1v) is 7.73. The lowest BCUT2D eigenvalue weighted by atomic mass is 10.2. The lowest BCUT2D eigenvalue weighted by Gasteiger charge is -1.99. The molecule has 2 heterocycles. The Hall–Kier alpha value is -2.34. The van der Waals surface area contributed by atoms with Gasteiger partial charge in [-0.05, 0) is 50.2 Å². The van der Waals surface area contributed by atoms with Crippen LogP contribution in [0.15, 0.2) is 34.2 Å². The molecule has 0 unspecified atom stereocenters. The van der Waals surface area contributed by atoms with E-state index in [0.29, 0.717) is 10.1 Å². The van der Waals surface area contributed by atoms with E-state index in [0.717, 1.165) is 28.2 Å². The van der Waals surface area contributed by atoms with Gasteiger partial charge < -0.3 is 5.32 Å². The van der Waals surface area contributed by atoms with Gasteiger partial charge in [-0.3, -0.25) is 9.89 Å². The van der Waals surface area contributed by atoms with Crippen LogP contribution in [0.25, 0.3) is 6.08 Å². The summed E-state index contributed by atoms with van der Waals surface area (Å²) in [6.45, 7) is 5.85. The number of aryl methyl sites for hydroxylation is 3. The average molecular weight is 312 g/mol. The fraction of sp³-hybridized carbons (Fsp3) is 0.188. The molecule has 0 bridgehead atoms. The lowest BCUT2D eigenvalue weighted by molar-refractivity contribution is -0.115. The first kappa shape index (κ1) is 14.6. The third-order valence-corrected chi connectivity index (χ3v) is 4.36. The Morgan fingerprint density at radius 1 is 1.23 bits per heavy atom. The highest BCUT2D eigenvalue weighted by Gasteiger charge is 2.24. The third kappa shape index (κ3) is 2.82. The van der Waals surface area contributed by atoms with Crippen LogP contribution in [0.5, 0.6) is 0 Å². The maximum absolute atomic E-state index is 12.1.